The summed E-state index contributed by atoms with van der Waals surface area (Å²) in [6.45, 7) is 5.31. The molecule has 2 atom stereocenters. The van der Waals surface area contributed by atoms with Crippen LogP contribution >= 0.6 is 11.6 Å². The highest BCUT2D eigenvalue weighted by atomic mass is 35.5. The van der Waals surface area contributed by atoms with Gasteiger partial charge in [0.2, 0.25) is 5.91 Å². The number of alkyl halides is 1. The lowest BCUT2D eigenvalue weighted by Crippen LogP contribution is -2.45. The fourth-order valence-electron chi connectivity index (χ4n) is 1.18. The van der Waals surface area contributed by atoms with E-state index in [1.54, 1.807) is 0 Å². The highest BCUT2D eigenvalue weighted by molar-refractivity contribution is 7.92. The third kappa shape index (κ3) is 5.16. The maximum Gasteiger partial charge on any atom is 0.238 e. The Bertz CT molecular complexity index is 327. The maximum atomic E-state index is 11.6. The molecule has 0 aromatic heterocycles. The molecule has 0 fully saturated rings. The molecule has 0 aliphatic heterocycles. The fraction of sp³-hybridized carbons (Fsp3) is 0.900. The van der Waals surface area contributed by atoms with Gasteiger partial charge in [0.05, 0.1) is 0 Å². The van der Waals surface area contributed by atoms with E-state index < -0.39 is 21.0 Å². The highest BCUT2D eigenvalue weighted by Crippen LogP contribution is 2.08. The number of halogens is 1. The van der Waals surface area contributed by atoms with Gasteiger partial charge in [0.15, 0.2) is 9.84 Å². The van der Waals surface area contributed by atoms with Crippen LogP contribution in [0.1, 0.15) is 27.2 Å². The van der Waals surface area contributed by atoms with E-state index in [0.29, 0.717) is 12.3 Å². The van der Waals surface area contributed by atoms with Crippen LogP contribution in [-0.2, 0) is 14.6 Å². The topological polar surface area (TPSA) is 63.2 Å². The van der Waals surface area contributed by atoms with Gasteiger partial charge in [-0.25, -0.2) is 8.42 Å². The number of rotatable bonds is 6. The first kappa shape index (κ1) is 15.7. The predicted molar refractivity (Wildman–Crippen MR) is 66.4 cm³/mol. The standard InChI is InChI=1S/C10H20ClNO3S/c1-7(2)9(5-6-11)12-10(13)8(3)16(4,14)15/h7-9H,5-6H2,1-4H3,(H,12,13). The maximum absolute atomic E-state index is 11.6. The summed E-state index contributed by atoms with van der Waals surface area (Å²) < 4.78 is 22.4. The zero-order chi connectivity index (χ0) is 12.9. The first-order valence-electron chi connectivity index (χ1n) is 5.25. The van der Waals surface area contributed by atoms with Crippen molar-refractivity contribution in [2.24, 2.45) is 5.92 Å². The largest absolute Gasteiger partial charge is 0.352 e. The molecule has 1 amide bonds. The minimum atomic E-state index is -3.33. The van der Waals surface area contributed by atoms with Gasteiger partial charge < -0.3 is 5.32 Å². The number of carbonyl (C=O) groups excluding carboxylic acids is 1. The van der Waals surface area contributed by atoms with Gasteiger partial charge in [-0.05, 0) is 19.3 Å². The number of carbonyl (C=O) groups is 1. The van der Waals surface area contributed by atoms with Crippen molar-refractivity contribution in [2.75, 3.05) is 12.1 Å². The molecule has 0 saturated heterocycles. The van der Waals surface area contributed by atoms with E-state index in [2.05, 4.69) is 5.32 Å². The first-order valence-corrected chi connectivity index (χ1v) is 7.74. The molecule has 0 saturated carbocycles. The molecular formula is C10H20ClNO3S. The average Bonchev–Trinajstić information content (AvgIpc) is 2.14. The zero-order valence-corrected chi connectivity index (χ0v) is 11.7. The minimum absolute atomic E-state index is 0.0748. The van der Waals surface area contributed by atoms with Crippen LogP contribution in [0, 0.1) is 5.92 Å². The molecule has 16 heavy (non-hydrogen) atoms. The number of nitrogens with one attached hydrogen (secondary N) is 1. The van der Waals surface area contributed by atoms with Crippen molar-refractivity contribution in [1.82, 2.24) is 5.32 Å². The summed E-state index contributed by atoms with van der Waals surface area (Å²) in [6.07, 6.45) is 1.70. The molecule has 0 heterocycles. The third-order valence-electron chi connectivity index (χ3n) is 2.56. The normalized spacial score (nSPS) is 15.9. The lowest BCUT2D eigenvalue weighted by molar-refractivity contribution is -0.121. The zero-order valence-electron chi connectivity index (χ0n) is 10.2. The predicted octanol–water partition coefficient (Wildman–Crippen LogP) is 1.19. The Morgan fingerprint density at radius 2 is 1.81 bits per heavy atom. The average molecular weight is 270 g/mol. The molecule has 0 aromatic carbocycles. The van der Waals surface area contributed by atoms with Gasteiger partial charge in [-0.3, -0.25) is 4.79 Å². The van der Waals surface area contributed by atoms with Gasteiger partial charge >= 0.3 is 0 Å². The van der Waals surface area contributed by atoms with Crippen LogP contribution < -0.4 is 5.32 Å². The Hall–Kier alpha value is -0.290. The van der Waals surface area contributed by atoms with Crippen molar-refractivity contribution < 1.29 is 13.2 Å². The van der Waals surface area contributed by atoms with Gasteiger partial charge in [0.1, 0.15) is 5.25 Å². The molecule has 0 rings (SSSR count). The smallest absolute Gasteiger partial charge is 0.238 e. The summed E-state index contributed by atoms with van der Waals surface area (Å²) in [5, 5.41) is 1.71. The van der Waals surface area contributed by atoms with E-state index in [-0.39, 0.29) is 12.0 Å². The molecule has 0 spiro atoms. The van der Waals surface area contributed by atoms with E-state index >= 15 is 0 Å². The van der Waals surface area contributed by atoms with Crippen LogP contribution in [0.3, 0.4) is 0 Å². The molecule has 0 aromatic rings. The molecule has 0 radical (unpaired) electrons. The van der Waals surface area contributed by atoms with Gasteiger partial charge in [0.25, 0.3) is 0 Å². The summed E-state index contributed by atoms with van der Waals surface area (Å²) in [5.41, 5.74) is 0. The molecule has 0 aliphatic carbocycles. The number of hydrogen-bond acceptors (Lipinski definition) is 3. The monoisotopic (exact) mass is 269 g/mol. The molecule has 2 unspecified atom stereocenters. The summed E-state index contributed by atoms with van der Waals surface area (Å²) >= 11 is 5.62. The van der Waals surface area contributed by atoms with Crippen LogP contribution in [0.4, 0.5) is 0 Å². The van der Waals surface area contributed by atoms with Gasteiger partial charge in [-0.1, -0.05) is 13.8 Å². The van der Waals surface area contributed by atoms with E-state index in [9.17, 15) is 13.2 Å². The quantitative estimate of drug-likeness (QED) is 0.737. The SMILES string of the molecule is CC(C)C(CCCl)NC(=O)C(C)S(C)(=O)=O. The van der Waals surface area contributed by atoms with Crippen molar-refractivity contribution in [3.05, 3.63) is 0 Å². The third-order valence-corrected chi connectivity index (χ3v) is 4.28. The molecule has 4 nitrogen and oxygen atoms in total. The van der Waals surface area contributed by atoms with Gasteiger partial charge in [-0.2, -0.15) is 0 Å². The van der Waals surface area contributed by atoms with E-state index in [1.807, 2.05) is 13.8 Å². The Morgan fingerprint density at radius 3 is 2.12 bits per heavy atom. The molecule has 96 valence electrons. The van der Waals surface area contributed by atoms with Crippen molar-refractivity contribution >= 4 is 27.3 Å². The second-order valence-corrected chi connectivity index (χ2v) is 7.05. The molecular weight excluding hydrogens is 250 g/mol. The van der Waals surface area contributed by atoms with Crippen LogP contribution in [0.25, 0.3) is 0 Å². The van der Waals surface area contributed by atoms with E-state index in [4.69, 9.17) is 11.6 Å². The Labute approximate surface area is 103 Å². The van der Waals surface area contributed by atoms with Crippen LogP contribution in [0.15, 0.2) is 0 Å². The Balaban J connectivity index is 4.53. The van der Waals surface area contributed by atoms with E-state index in [0.717, 1.165) is 6.26 Å². The fourth-order valence-corrected chi connectivity index (χ4v) is 1.88. The molecule has 1 N–H and O–H groups in total. The van der Waals surface area contributed by atoms with Gasteiger partial charge in [-0.15, -0.1) is 11.6 Å². The van der Waals surface area contributed by atoms with Crippen molar-refractivity contribution in [3.8, 4) is 0 Å². The highest BCUT2D eigenvalue weighted by Gasteiger charge is 2.26. The second-order valence-electron chi connectivity index (χ2n) is 4.31. The van der Waals surface area contributed by atoms with Crippen LogP contribution in [0.5, 0.6) is 0 Å². The summed E-state index contributed by atoms with van der Waals surface area (Å²) in [7, 11) is -3.33. The van der Waals surface area contributed by atoms with E-state index in [1.165, 1.54) is 6.92 Å². The number of hydrogen-bond donors (Lipinski definition) is 1. The van der Waals surface area contributed by atoms with Crippen molar-refractivity contribution in [2.45, 2.75) is 38.5 Å². The van der Waals surface area contributed by atoms with Crippen LogP contribution in [0.2, 0.25) is 0 Å². The lowest BCUT2D eigenvalue weighted by Gasteiger charge is -2.23. The van der Waals surface area contributed by atoms with Gasteiger partial charge in [0, 0.05) is 18.2 Å². The Kier molecular flexibility index (Phi) is 6.33. The lowest BCUT2D eigenvalue weighted by atomic mass is 10.0. The molecule has 0 aliphatic rings. The Morgan fingerprint density at radius 1 is 1.31 bits per heavy atom. The summed E-state index contributed by atoms with van der Waals surface area (Å²) in [6, 6.07) is -0.0748. The van der Waals surface area contributed by atoms with Crippen molar-refractivity contribution in [3.63, 3.8) is 0 Å². The van der Waals surface area contributed by atoms with Crippen LogP contribution in [-0.4, -0.2) is 37.8 Å². The van der Waals surface area contributed by atoms with Crippen molar-refractivity contribution in [1.29, 1.82) is 0 Å². The summed E-state index contributed by atoms with van der Waals surface area (Å²) in [4.78, 5) is 11.6. The first-order chi connectivity index (χ1) is 7.20. The summed E-state index contributed by atoms with van der Waals surface area (Å²) in [5.74, 6) is 0.219. The minimum Gasteiger partial charge on any atom is -0.352 e. The molecule has 0 bridgehead atoms. The second kappa shape index (κ2) is 6.45. The molecule has 6 heteroatoms. The number of sulfone groups is 1. The number of amides is 1.